The van der Waals surface area contributed by atoms with Crippen LogP contribution < -0.4 is 10.9 Å². The van der Waals surface area contributed by atoms with E-state index in [9.17, 15) is 14.9 Å². The van der Waals surface area contributed by atoms with Crippen LogP contribution >= 0.6 is 15.9 Å². The summed E-state index contributed by atoms with van der Waals surface area (Å²) in [5.41, 5.74) is -1.48. The Morgan fingerprint density at radius 2 is 2.17 bits per heavy atom. The van der Waals surface area contributed by atoms with E-state index in [4.69, 9.17) is 0 Å². The number of hydrogen-bond acceptors (Lipinski definition) is 6. The third-order valence-corrected chi connectivity index (χ3v) is 2.45. The molecule has 0 amide bonds. The zero-order valence-corrected chi connectivity index (χ0v) is 10.3. The highest BCUT2D eigenvalue weighted by atomic mass is 79.9. The molecule has 2 heterocycles. The first kappa shape index (κ1) is 12.2. The standard InChI is InChI=1S/C9H6BrN5O3/c10-5-1-2-6(11-3-5)14-8-7(15(17)18)9(16)13-4-12-8/h1-4H,(H2,11,12,13,14,16). The van der Waals surface area contributed by atoms with Gasteiger partial charge >= 0.3 is 11.2 Å². The Morgan fingerprint density at radius 1 is 1.39 bits per heavy atom. The second-order valence-corrected chi connectivity index (χ2v) is 4.09. The monoisotopic (exact) mass is 311 g/mol. The first-order chi connectivity index (χ1) is 8.58. The van der Waals surface area contributed by atoms with Gasteiger partial charge in [-0.3, -0.25) is 14.9 Å². The Hall–Kier alpha value is -2.29. The van der Waals surface area contributed by atoms with Crippen LogP contribution in [-0.2, 0) is 0 Å². The minimum Gasteiger partial charge on any atom is -0.319 e. The van der Waals surface area contributed by atoms with Crippen molar-refractivity contribution in [2.75, 3.05) is 5.32 Å². The van der Waals surface area contributed by atoms with Crippen LogP contribution in [0, 0.1) is 10.1 Å². The molecule has 0 saturated heterocycles. The number of nitrogens with one attached hydrogen (secondary N) is 2. The lowest BCUT2D eigenvalue weighted by Gasteiger charge is -2.03. The minimum atomic E-state index is -0.824. The molecule has 0 bridgehead atoms. The fraction of sp³-hybridized carbons (Fsp3) is 0. The zero-order chi connectivity index (χ0) is 13.1. The summed E-state index contributed by atoms with van der Waals surface area (Å²) < 4.78 is 0.765. The number of hydrogen-bond donors (Lipinski definition) is 2. The summed E-state index contributed by atoms with van der Waals surface area (Å²) in [5, 5.41) is 13.4. The molecule has 18 heavy (non-hydrogen) atoms. The molecule has 0 aromatic carbocycles. The third-order valence-electron chi connectivity index (χ3n) is 1.99. The van der Waals surface area contributed by atoms with Gasteiger partial charge in [0.05, 0.1) is 11.3 Å². The van der Waals surface area contributed by atoms with Gasteiger partial charge < -0.3 is 10.3 Å². The summed E-state index contributed by atoms with van der Waals surface area (Å²) in [6.45, 7) is 0. The van der Waals surface area contributed by atoms with Gasteiger partial charge in [-0.25, -0.2) is 9.97 Å². The number of H-pyrrole nitrogens is 1. The van der Waals surface area contributed by atoms with E-state index < -0.39 is 16.2 Å². The first-order valence-electron chi connectivity index (χ1n) is 4.68. The van der Waals surface area contributed by atoms with Crippen LogP contribution in [0.25, 0.3) is 0 Å². The second kappa shape index (κ2) is 4.92. The second-order valence-electron chi connectivity index (χ2n) is 3.17. The molecular weight excluding hydrogens is 306 g/mol. The molecule has 0 spiro atoms. The number of nitrogens with zero attached hydrogens (tertiary/aromatic N) is 3. The fourth-order valence-corrected chi connectivity index (χ4v) is 1.46. The summed E-state index contributed by atoms with van der Waals surface area (Å²) in [7, 11) is 0. The predicted octanol–water partition coefficient (Wildman–Crippen LogP) is 1.58. The lowest BCUT2D eigenvalue weighted by Crippen LogP contribution is -2.14. The molecule has 0 aliphatic rings. The van der Waals surface area contributed by atoms with Crippen LogP contribution in [-0.4, -0.2) is 19.9 Å². The summed E-state index contributed by atoms with van der Waals surface area (Å²) in [5.74, 6) is 0.193. The lowest BCUT2D eigenvalue weighted by molar-refractivity contribution is -0.385. The van der Waals surface area contributed by atoms with Crippen molar-refractivity contribution < 1.29 is 4.92 Å². The molecule has 0 aliphatic heterocycles. The number of anilines is 2. The molecule has 0 radical (unpaired) electrons. The van der Waals surface area contributed by atoms with Crippen molar-refractivity contribution in [2.45, 2.75) is 0 Å². The van der Waals surface area contributed by atoms with Crippen LogP contribution in [0.1, 0.15) is 0 Å². The highest BCUT2D eigenvalue weighted by Gasteiger charge is 2.20. The first-order valence-corrected chi connectivity index (χ1v) is 5.48. The van der Waals surface area contributed by atoms with Gasteiger partial charge in [0.2, 0.25) is 5.82 Å². The van der Waals surface area contributed by atoms with Crippen LogP contribution in [0.2, 0.25) is 0 Å². The van der Waals surface area contributed by atoms with Gasteiger partial charge in [-0.15, -0.1) is 0 Å². The number of pyridine rings is 1. The topological polar surface area (TPSA) is 114 Å². The average molecular weight is 312 g/mol. The maximum absolute atomic E-state index is 11.3. The minimum absolute atomic E-state index is 0.154. The van der Waals surface area contributed by atoms with Crippen molar-refractivity contribution in [3.8, 4) is 0 Å². The van der Waals surface area contributed by atoms with Crippen molar-refractivity contribution >= 4 is 33.3 Å². The molecule has 0 fully saturated rings. The molecule has 0 atom stereocenters. The zero-order valence-electron chi connectivity index (χ0n) is 8.75. The van der Waals surface area contributed by atoms with Crippen molar-refractivity contribution in [3.63, 3.8) is 0 Å². The molecule has 2 N–H and O–H groups in total. The summed E-state index contributed by atoms with van der Waals surface area (Å²) in [6.07, 6.45) is 2.60. The van der Waals surface area contributed by atoms with Gasteiger partial charge in [-0.2, -0.15) is 0 Å². The summed E-state index contributed by atoms with van der Waals surface area (Å²) in [6, 6.07) is 3.30. The van der Waals surface area contributed by atoms with Gasteiger partial charge in [0, 0.05) is 10.7 Å². The van der Waals surface area contributed by atoms with E-state index in [1.807, 2.05) is 0 Å². The Labute approximate surface area is 108 Å². The van der Waals surface area contributed by atoms with Crippen molar-refractivity contribution in [2.24, 2.45) is 0 Å². The highest BCUT2D eigenvalue weighted by molar-refractivity contribution is 9.10. The van der Waals surface area contributed by atoms with E-state index in [2.05, 4.69) is 36.2 Å². The van der Waals surface area contributed by atoms with E-state index in [0.717, 1.165) is 10.8 Å². The van der Waals surface area contributed by atoms with Crippen LogP contribution in [0.15, 0.2) is 33.9 Å². The van der Waals surface area contributed by atoms with Gasteiger partial charge in [-0.05, 0) is 28.1 Å². The van der Waals surface area contributed by atoms with Crippen molar-refractivity contribution in [1.82, 2.24) is 15.0 Å². The lowest BCUT2D eigenvalue weighted by atomic mass is 10.4. The number of nitro groups is 1. The van der Waals surface area contributed by atoms with Crippen LogP contribution in [0.3, 0.4) is 0 Å². The third kappa shape index (κ3) is 2.51. The van der Waals surface area contributed by atoms with Crippen LogP contribution in [0.4, 0.5) is 17.3 Å². The number of rotatable bonds is 3. The Balaban J connectivity index is 2.40. The fourth-order valence-electron chi connectivity index (χ4n) is 1.22. The molecule has 0 unspecified atom stereocenters. The molecule has 2 aromatic heterocycles. The van der Waals surface area contributed by atoms with Gasteiger partial charge in [0.15, 0.2) is 0 Å². The Bertz CT molecular complexity index is 639. The van der Waals surface area contributed by atoms with E-state index in [1.165, 1.54) is 6.20 Å². The maximum atomic E-state index is 11.3. The number of halogens is 1. The molecule has 0 saturated carbocycles. The Kier molecular flexibility index (Phi) is 3.33. The average Bonchev–Trinajstić information content (AvgIpc) is 2.32. The molecule has 92 valence electrons. The van der Waals surface area contributed by atoms with Gasteiger partial charge in [0.1, 0.15) is 5.82 Å². The number of aromatic nitrogens is 3. The molecule has 2 aromatic rings. The highest BCUT2D eigenvalue weighted by Crippen LogP contribution is 2.20. The normalized spacial score (nSPS) is 10.1. The molecule has 2 rings (SSSR count). The maximum Gasteiger partial charge on any atom is 0.376 e. The summed E-state index contributed by atoms with van der Waals surface area (Å²) in [4.78, 5) is 31.1. The van der Waals surface area contributed by atoms with Gasteiger partial charge in [-0.1, -0.05) is 0 Å². The largest absolute Gasteiger partial charge is 0.376 e. The van der Waals surface area contributed by atoms with Crippen molar-refractivity contribution in [1.29, 1.82) is 0 Å². The smallest absolute Gasteiger partial charge is 0.319 e. The summed E-state index contributed by atoms with van der Waals surface area (Å²) >= 11 is 3.21. The van der Waals surface area contributed by atoms with Crippen LogP contribution in [0.5, 0.6) is 0 Å². The SMILES string of the molecule is O=c1[nH]cnc(Nc2ccc(Br)cn2)c1[N+](=O)[O-]. The van der Waals surface area contributed by atoms with Gasteiger partial charge in [0.25, 0.3) is 0 Å². The molecule has 9 heteroatoms. The van der Waals surface area contributed by atoms with E-state index in [0.29, 0.717) is 5.82 Å². The molecule has 8 nitrogen and oxygen atoms in total. The van der Waals surface area contributed by atoms with E-state index >= 15 is 0 Å². The number of aromatic amines is 1. The Morgan fingerprint density at radius 3 is 2.78 bits per heavy atom. The van der Waals surface area contributed by atoms with Crippen molar-refractivity contribution in [3.05, 3.63) is 49.6 Å². The molecule has 0 aliphatic carbocycles. The van der Waals surface area contributed by atoms with E-state index in [1.54, 1.807) is 12.1 Å². The molecular formula is C9H6BrN5O3. The van der Waals surface area contributed by atoms with E-state index in [-0.39, 0.29) is 5.82 Å². The quantitative estimate of drug-likeness (QED) is 0.657. The predicted molar refractivity (Wildman–Crippen MR) is 66.7 cm³/mol.